The van der Waals surface area contributed by atoms with Gasteiger partial charge in [0.1, 0.15) is 11.9 Å². The van der Waals surface area contributed by atoms with Gasteiger partial charge in [0.05, 0.1) is 25.3 Å². The highest BCUT2D eigenvalue weighted by molar-refractivity contribution is 6.32. The molecule has 12 heteroatoms. The number of carbonyl (C=O) groups excluding carboxylic acids is 1. The van der Waals surface area contributed by atoms with E-state index in [1.54, 1.807) is 23.1 Å². The third-order valence-corrected chi connectivity index (χ3v) is 3.70. The fourth-order valence-electron chi connectivity index (χ4n) is 2.24. The van der Waals surface area contributed by atoms with Gasteiger partial charge in [-0.05, 0) is 18.2 Å². The van der Waals surface area contributed by atoms with Gasteiger partial charge in [-0.1, -0.05) is 16.8 Å². The highest BCUT2D eigenvalue weighted by Gasteiger charge is 2.28. The van der Waals surface area contributed by atoms with Gasteiger partial charge >= 0.3 is 6.03 Å². The summed E-state index contributed by atoms with van der Waals surface area (Å²) in [6, 6.07) is 4.80. The summed E-state index contributed by atoms with van der Waals surface area (Å²) >= 11 is 6.05. The molecule has 26 heavy (non-hydrogen) atoms. The van der Waals surface area contributed by atoms with Crippen molar-refractivity contribution in [2.24, 2.45) is 0 Å². The summed E-state index contributed by atoms with van der Waals surface area (Å²) in [6.45, 7) is 0.968. The minimum Gasteiger partial charge on any atom is -0.495 e. The molecule has 1 aliphatic rings. The van der Waals surface area contributed by atoms with E-state index >= 15 is 0 Å². The number of nitrogens with one attached hydrogen (secondary N) is 2. The van der Waals surface area contributed by atoms with E-state index in [1.807, 2.05) is 0 Å². The molecule has 2 aromatic rings. The topological polar surface area (TPSA) is 143 Å². The van der Waals surface area contributed by atoms with Gasteiger partial charge < -0.3 is 24.8 Å². The van der Waals surface area contributed by atoms with Crippen LogP contribution in [0.25, 0.3) is 0 Å². The largest absolute Gasteiger partial charge is 0.495 e. The summed E-state index contributed by atoms with van der Waals surface area (Å²) in [5.74, 6) is 0.975. The molecule has 0 radical (unpaired) electrons. The third kappa shape index (κ3) is 5.04. The molecule has 1 unspecified atom stereocenters. The molecule has 1 aliphatic heterocycles. The third-order valence-electron chi connectivity index (χ3n) is 3.41. The number of nitrogens with zero attached hydrogens (tertiary/aromatic N) is 4. The molecule has 1 saturated heterocycles. The van der Waals surface area contributed by atoms with E-state index in [-0.39, 0.29) is 12.5 Å². The zero-order valence-electron chi connectivity index (χ0n) is 13.8. The SMILES string of the molecule is COc1ccc(NC(=O)N2CCOC(c3nn[nH]n3)C2)cc1Cl.O=CO. The van der Waals surface area contributed by atoms with Crippen LogP contribution in [0.1, 0.15) is 11.9 Å². The summed E-state index contributed by atoms with van der Waals surface area (Å²) in [6.07, 6.45) is -0.396. The molecule has 0 aliphatic carbocycles. The molecule has 3 rings (SSSR count). The standard InChI is InChI=1S/C13H15ClN6O3.CH2O2/c1-22-10-3-2-8(6-9(10)14)15-13(21)20-4-5-23-11(7-20)12-16-18-19-17-12;2-1-3/h2-3,6,11H,4-5,7H2,1H3,(H,15,21)(H,16,17,18,19);1H,(H,2,3). The second-order valence-corrected chi connectivity index (χ2v) is 5.37. The number of anilines is 1. The molecular formula is C14H17ClN6O5. The minimum absolute atomic E-state index is 0.247. The first kappa shape index (κ1) is 19.4. The number of benzene rings is 1. The van der Waals surface area contributed by atoms with Crippen LogP contribution in [-0.4, -0.2) is 69.9 Å². The summed E-state index contributed by atoms with van der Waals surface area (Å²) in [5.41, 5.74) is 0.586. The molecule has 0 bridgehead atoms. The summed E-state index contributed by atoms with van der Waals surface area (Å²) in [7, 11) is 1.53. The first-order valence-corrected chi connectivity index (χ1v) is 7.79. The van der Waals surface area contributed by atoms with E-state index in [2.05, 4.69) is 25.9 Å². The Morgan fingerprint density at radius 2 is 2.35 bits per heavy atom. The summed E-state index contributed by atoms with van der Waals surface area (Å²) in [4.78, 5) is 22.4. The van der Waals surface area contributed by atoms with Crippen molar-refractivity contribution in [1.82, 2.24) is 25.5 Å². The van der Waals surface area contributed by atoms with Crippen LogP contribution >= 0.6 is 11.6 Å². The lowest BCUT2D eigenvalue weighted by atomic mass is 10.2. The van der Waals surface area contributed by atoms with E-state index in [0.717, 1.165) is 0 Å². The van der Waals surface area contributed by atoms with Crippen LogP contribution in [0.3, 0.4) is 0 Å². The Labute approximate surface area is 153 Å². The number of carbonyl (C=O) groups is 2. The maximum absolute atomic E-state index is 12.4. The Morgan fingerprint density at radius 3 is 2.96 bits per heavy atom. The van der Waals surface area contributed by atoms with Crippen LogP contribution in [0, 0.1) is 0 Å². The molecule has 2 heterocycles. The Kier molecular flexibility index (Phi) is 7.12. The smallest absolute Gasteiger partial charge is 0.322 e. The van der Waals surface area contributed by atoms with Gasteiger partial charge in [0.25, 0.3) is 6.47 Å². The van der Waals surface area contributed by atoms with Crippen LogP contribution in [0.5, 0.6) is 5.75 Å². The van der Waals surface area contributed by atoms with E-state index in [9.17, 15) is 4.79 Å². The average molecular weight is 385 g/mol. The predicted octanol–water partition coefficient (Wildman–Crippen LogP) is 1.17. The van der Waals surface area contributed by atoms with Crippen LogP contribution in [-0.2, 0) is 9.53 Å². The molecule has 1 atom stereocenters. The average Bonchev–Trinajstić information content (AvgIpc) is 3.17. The van der Waals surface area contributed by atoms with Crippen molar-refractivity contribution < 1.29 is 24.2 Å². The molecule has 3 N–H and O–H groups in total. The molecule has 0 saturated carbocycles. The number of H-pyrrole nitrogens is 1. The number of amides is 2. The first-order chi connectivity index (χ1) is 12.6. The predicted molar refractivity (Wildman–Crippen MR) is 90.2 cm³/mol. The highest BCUT2D eigenvalue weighted by atomic mass is 35.5. The van der Waals surface area contributed by atoms with Crippen molar-refractivity contribution in [3.05, 3.63) is 29.0 Å². The van der Waals surface area contributed by atoms with Crippen molar-refractivity contribution in [3.8, 4) is 5.75 Å². The van der Waals surface area contributed by atoms with E-state index in [0.29, 0.717) is 42.0 Å². The Balaban J connectivity index is 0.000000758. The maximum atomic E-state index is 12.4. The number of halogens is 1. The molecule has 11 nitrogen and oxygen atoms in total. The molecule has 1 aromatic heterocycles. The first-order valence-electron chi connectivity index (χ1n) is 7.41. The fourth-order valence-corrected chi connectivity index (χ4v) is 2.50. The van der Waals surface area contributed by atoms with Gasteiger partial charge in [0.15, 0.2) is 0 Å². The summed E-state index contributed by atoms with van der Waals surface area (Å²) < 4.78 is 10.6. The number of aromatic nitrogens is 4. The van der Waals surface area contributed by atoms with Crippen molar-refractivity contribution >= 4 is 29.8 Å². The van der Waals surface area contributed by atoms with E-state index in [1.165, 1.54) is 7.11 Å². The number of morpholine rings is 1. The number of carboxylic acid groups (broad SMARTS) is 1. The van der Waals surface area contributed by atoms with Gasteiger partial charge in [-0.15, -0.1) is 10.2 Å². The normalized spacial score (nSPS) is 16.2. The fraction of sp³-hybridized carbons (Fsp3) is 0.357. The number of urea groups is 1. The second-order valence-electron chi connectivity index (χ2n) is 4.96. The number of ether oxygens (including phenoxy) is 2. The zero-order valence-corrected chi connectivity index (χ0v) is 14.5. The van der Waals surface area contributed by atoms with Crippen LogP contribution in [0.4, 0.5) is 10.5 Å². The number of methoxy groups -OCH3 is 1. The molecular weight excluding hydrogens is 368 g/mol. The van der Waals surface area contributed by atoms with Gasteiger partial charge in [0.2, 0.25) is 5.82 Å². The molecule has 2 amide bonds. The molecule has 140 valence electrons. The van der Waals surface area contributed by atoms with Crippen molar-refractivity contribution in [1.29, 1.82) is 0 Å². The molecule has 1 aromatic carbocycles. The number of tetrazole rings is 1. The lowest BCUT2D eigenvalue weighted by Gasteiger charge is -2.31. The van der Waals surface area contributed by atoms with Gasteiger partial charge in [-0.3, -0.25) is 4.79 Å². The van der Waals surface area contributed by atoms with Crippen molar-refractivity contribution in [2.45, 2.75) is 6.10 Å². The Hall–Kier alpha value is -2.92. The quantitative estimate of drug-likeness (QED) is 0.669. The highest BCUT2D eigenvalue weighted by Crippen LogP contribution is 2.27. The lowest BCUT2D eigenvalue weighted by molar-refractivity contribution is -0.122. The van der Waals surface area contributed by atoms with E-state index < -0.39 is 6.10 Å². The Bertz CT molecular complexity index is 729. The van der Waals surface area contributed by atoms with Gasteiger partial charge in [0, 0.05) is 12.2 Å². The number of rotatable bonds is 3. The van der Waals surface area contributed by atoms with Crippen LogP contribution < -0.4 is 10.1 Å². The zero-order chi connectivity index (χ0) is 18.9. The second kappa shape index (κ2) is 9.53. The number of hydrogen-bond donors (Lipinski definition) is 3. The number of aromatic amines is 1. The van der Waals surface area contributed by atoms with Crippen LogP contribution in [0.15, 0.2) is 18.2 Å². The number of hydrogen-bond acceptors (Lipinski definition) is 7. The van der Waals surface area contributed by atoms with Crippen molar-refractivity contribution in [2.75, 3.05) is 32.1 Å². The van der Waals surface area contributed by atoms with Crippen molar-refractivity contribution in [3.63, 3.8) is 0 Å². The maximum Gasteiger partial charge on any atom is 0.322 e. The monoisotopic (exact) mass is 384 g/mol. The van der Waals surface area contributed by atoms with Gasteiger partial charge in [-0.25, -0.2) is 4.79 Å². The molecule has 1 fully saturated rings. The van der Waals surface area contributed by atoms with E-state index in [4.69, 9.17) is 31.0 Å². The van der Waals surface area contributed by atoms with Crippen LogP contribution in [0.2, 0.25) is 5.02 Å². The Morgan fingerprint density at radius 1 is 1.58 bits per heavy atom. The minimum atomic E-state index is -0.396. The van der Waals surface area contributed by atoms with Gasteiger partial charge in [-0.2, -0.15) is 5.21 Å². The molecule has 0 spiro atoms. The summed E-state index contributed by atoms with van der Waals surface area (Å²) in [5, 5.41) is 23.8. The lowest BCUT2D eigenvalue weighted by Crippen LogP contribution is -2.44.